The van der Waals surface area contributed by atoms with E-state index in [-0.39, 0.29) is 5.41 Å². The fourth-order valence-electron chi connectivity index (χ4n) is 2.36. The van der Waals surface area contributed by atoms with Gasteiger partial charge in [0.15, 0.2) is 11.5 Å². The normalized spacial score (nSPS) is 11.7. The molecule has 8 heteroatoms. The number of amides is 1. The third kappa shape index (κ3) is 2.82. The highest BCUT2D eigenvalue weighted by Gasteiger charge is 2.24. The fourth-order valence-corrected chi connectivity index (χ4v) is 2.81. The number of carbonyl (C=O) groups is 1. The second-order valence-corrected chi connectivity index (χ2v) is 6.76. The maximum Gasteiger partial charge on any atom is 0.411 e. The molecule has 0 fully saturated rings. The topological polar surface area (TPSA) is 84.3 Å². The molecule has 0 bridgehead atoms. The molecule has 0 aliphatic heterocycles. The maximum atomic E-state index is 11.5. The van der Waals surface area contributed by atoms with Crippen molar-refractivity contribution in [3.8, 4) is 11.4 Å². The molecule has 1 amide bonds. The molecule has 0 spiro atoms. The zero-order chi connectivity index (χ0) is 17.5. The minimum Gasteiger partial charge on any atom is -0.453 e. The first-order valence-corrected chi connectivity index (χ1v) is 7.78. The number of aromatic nitrogens is 4. The van der Waals surface area contributed by atoms with Crippen LogP contribution in [-0.4, -0.2) is 33.0 Å². The number of H-pyrrole nitrogens is 1. The summed E-state index contributed by atoms with van der Waals surface area (Å²) in [5, 5.41) is 10.8. The molecule has 0 saturated carbocycles. The van der Waals surface area contributed by atoms with Crippen LogP contribution in [0.5, 0.6) is 0 Å². The van der Waals surface area contributed by atoms with Gasteiger partial charge in [-0.15, -0.1) is 5.10 Å². The van der Waals surface area contributed by atoms with Gasteiger partial charge in [0.2, 0.25) is 0 Å². The molecule has 0 atom stereocenters. The number of hydrogen-bond donors (Lipinski definition) is 2. The highest BCUT2D eigenvalue weighted by atomic mass is 35.5. The zero-order valence-electron chi connectivity index (χ0n) is 13.8. The third-order valence-corrected chi connectivity index (χ3v) is 3.94. The van der Waals surface area contributed by atoms with E-state index in [9.17, 15) is 4.79 Å². The lowest BCUT2D eigenvalue weighted by Gasteiger charge is -2.16. The van der Waals surface area contributed by atoms with Crippen molar-refractivity contribution in [2.75, 3.05) is 12.4 Å². The van der Waals surface area contributed by atoms with E-state index in [2.05, 4.69) is 46.0 Å². The molecule has 2 heterocycles. The lowest BCUT2D eigenvalue weighted by Crippen LogP contribution is -2.13. The van der Waals surface area contributed by atoms with Crippen LogP contribution in [0, 0.1) is 0 Å². The van der Waals surface area contributed by atoms with Crippen molar-refractivity contribution in [1.29, 1.82) is 0 Å². The van der Waals surface area contributed by atoms with Crippen LogP contribution in [0.4, 0.5) is 10.5 Å². The van der Waals surface area contributed by atoms with Gasteiger partial charge in [-0.3, -0.25) is 10.4 Å². The monoisotopic (exact) mass is 347 g/mol. The van der Waals surface area contributed by atoms with Crippen molar-refractivity contribution in [1.82, 2.24) is 19.8 Å². The van der Waals surface area contributed by atoms with Gasteiger partial charge < -0.3 is 4.74 Å². The number of anilines is 1. The quantitative estimate of drug-likeness (QED) is 0.737. The first-order valence-electron chi connectivity index (χ1n) is 7.40. The summed E-state index contributed by atoms with van der Waals surface area (Å²) in [5.74, 6) is 0.454. The van der Waals surface area contributed by atoms with Gasteiger partial charge in [0.25, 0.3) is 0 Å². The molecule has 0 saturated heterocycles. The molecule has 0 aliphatic carbocycles. The van der Waals surface area contributed by atoms with E-state index in [1.165, 1.54) is 7.11 Å². The Bertz CT molecular complexity index is 907. The molecule has 126 valence electrons. The van der Waals surface area contributed by atoms with E-state index in [1.54, 1.807) is 16.8 Å². The Morgan fingerprint density at radius 3 is 2.67 bits per heavy atom. The number of halogens is 1. The van der Waals surface area contributed by atoms with Crippen LogP contribution in [0.1, 0.15) is 26.5 Å². The molecule has 2 N–H and O–H groups in total. The molecular weight excluding hydrogens is 330 g/mol. The Labute approximate surface area is 144 Å². The Morgan fingerprint density at radius 2 is 2.04 bits per heavy atom. The first kappa shape index (κ1) is 16.3. The summed E-state index contributed by atoms with van der Waals surface area (Å²) in [7, 11) is 1.31. The van der Waals surface area contributed by atoms with Gasteiger partial charge in [-0.05, 0) is 12.1 Å². The molecular formula is C16H18ClN5O2. The Hall–Kier alpha value is -2.54. The van der Waals surface area contributed by atoms with Crippen LogP contribution in [-0.2, 0) is 10.2 Å². The summed E-state index contributed by atoms with van der Waals surface area (Å²) in [6.07, 6.45) is -0.555. The largest absolute Gasteiger partial charge is 0.453 e. The van der Waals surface area contributed by atoms with Crippen LogP contribution in [0.3, 0.4) is 0 Å². The number of ether oxygens (including phenoxy) is 1. The SMILES string of the molecule is COC(=O)Nc1ccccc1-c1nc2c(Cl)c(C(C)(C)C)[nH]n2n1. The number of nitrogens with one attached hydrogen (secondary N) is 2. The van der Waals surface area contributed by atoms with E-state index >= 15 is 0 Å². The molecule has 3 aromatic rings. The van der Waals surface area contributed by atoms with Gasteiger partial charge >= 0.3 is 6.09 Å². The number of carbonyl (C=O) groups excluding carboxylic acids is 1. The second kappa shape index (κ2) is 5.83. The van der Waals surface area contributed by atoms with Crippen LogP contribution in [0.2, 0.25) is 5.02 Å². The standard InChI is InChI=1S/C16H18ClN5O2/c1-16(2,3)12-11(17)14-19-13(21-22(14)20-12)9-7-5-6-8-10(9)18-15(23)24-4/h5-8,20H,1-4H3,(H,18,23). The second-order valence-electron chi connectivity index (χ2n) is 6.38. The van der Waals surface area contributed by atoms with E-state index in [1.807, 2.05) is 12.1 Å². The molecule has 24 heavy (non-hydrogen) atoms. The lowest BCUT2D eigenvalue weighted by atomic mass is 9.92. The number of nitrogens with zero attached hydrogens (tertiary/aromatic N) is 3. The lowest BCUT2D eigenvalue weighted by molar-refractivity contribution is 0.187. The van der Waals surface area contributed by atoms with E-state index in [0.29, 0.717) is 27.7 Å². The average Bonchev–Trinajstić information content (AvgIpc) is 3.07. The number of para-hydroxylation sites is 1. The van der Waals surface area contributed by atoms with Crippen molar-refractivity contribution < 1.29 is 9.53 Å². The smallest absolute Gasteiger partial charge is 0.411 e. The molecule has 3 rings (SSSR count). The highest BCUT2D eigenvalue weighted by Crippen LogP contribution is 2.33. The van der Waals surface area contributed by atoms with Gasteiger partial charge in [-0.1, -0.05) is 44.5 Å². The predicted molar refractivity (Wildman–Crippen MR) is 92.5 cm³/mol. The molecule has 0 aliphatic rings. The molecule has 0 unspecified atom stereocenters. The van der Waals surface area contributed by atoms with Crippen LogP contribution < -0.4 is 5.32 Å². The van der Waals surface area contributed by atoms with Crippen LogP contribution >= 0.6 is 11.6 Å². The number of fused-ring (bicyclic) bond motifs is 1. The van der Waals surface area contributed by atoms with Gasteiger partial charge in [-0.2, -0.15) is 4.63 Å². The van der Waals surface area contributed by atoms with Gasteiger partial charge in [0, 0.05) is 11.0 Å². The maximum absolute atomic E-state index is 11.5. The summed E-state index contributed by atoms with van der Waals surface area (Å²) in [6.45, 7) is 6.17. The number of methoxy groups -OCH3 is 1. The summed E-state index contributed by atoms with van der Waals surface area (Å²) < 4.78 is 6.19. The summed E-state index contributed by atoms with van der Waals surface area (Å²) in [5.41, 5.74) is 2.50. The van der Waals surface area contributed by atoms with Crippen molar-refractivity contribution in [3.05, 3.63) is 35.0 Å². The number of benzene rings is 1. The van der Waals surface area contributed by atoms with Gasteiger partial charge in [-0.25, -0.2) is 9.78 Å². The summed E-state index contributed by atoms with van der Waals surface area (Å²) in [6, 6.07) is 7.22. The van der Waals surface area contributed by atoms with Crippen molar-refractivity contribution in [2.45, 2.75) is 26.2 Å². The van der Waals surface area contributed by atoms with E-state index in [0.717, 1.165) is 5.69 Å². The Balaban J connectivity index is 2.07. The zero-order valence-corrected chi connectivity index (χ0v) is 14.6. The van der Waals surface area contributed by atoms with E-state index in [4.69, 9.17) is 11.6 Å². The first-order chi connectivity index (χ1) is 11.3. The predicted octanol–water partition coefficient (Wildman–Crippen LogP) is 3.85. The summed E-state index contributed by atoms with van der Waals surface area (Å²) >= 11 is 6.44. The van der Waals surface area contributed by atoms with Crippen molar-refractivity contribution >= 4 is 29.0 Å². The molecule has 7 nitrogen and oxygen atoms in total. The number of aromatic amines is 1. The number of rotatable bonds is 2. The Morgan fingerprint density at radius 1 is 1.33 bits per heavy atom. The minimum atomic E-state index is -0.555. The van der Waals surface area contributed by atoms with Gasteiger partial charge in [0.05, 0.1) is 18.5 Å². The molecule has 1 aromatic carbocycles. The minimum absolute atomic E-state index is 0.149. The highest BCUT2D eigenvalue weighted by molar-refractivity contribution is 6.34. The van der Waals surface area contributed by atoms with Crippen LogP contribution in [0.15, 0.2) is 24.3 Å². The fraction of sp³-hybridized carbons (Fsp3) is 0.312. The van der Waals surface area contributed by atoms with Crippen LogP contribution in [0.25, 0.3) is 17.0 Å². The molecule has 2 aromatic heterocycles. The van der Waals surface area contributed by atoms with Crippen molar-refractivity contribution in [3.63, 3.8) is 0 Å². The van der Waals surface area contributed by atoms with Gasteiger partial charge in [0.1, 0.15) is 5.02 Å². The summed E-state index contributed by atoms with van der Waals surface area (Å²) in [4.78, 5) is 16.0. The average molecular weight is 348 g/mol. The third-order valence-electron chi connectivity index (χ3n) is 3.58. The number of hydrogen-bond acceptors (Lipinski definition) is 4. The Kier molecular flexibility index (Phi) is 3.96. The molecule has 0 radical (unpaired) electrons. The van der Waals surface area contributed by atoms with Crippen molar-refractivity contribution in [2.24, 2.45) is 0 Å². The van der Waals surface area contributed by atoms with E-state index < -0.39 is 6.09 Å².